The monoisotopic (exact) mass is 336 g/mol. The van der Waals surface area contributed by atoms with Gasteiger partial charge in [-0.05, 0) is 30.0 Å². The van der Waals surface area contributed by atoms with Crippen molar-refractivity contribution in [2.45, 2.75) is 44.7 Å². The van der Waals surface area contributed by atoms with Crippen LogP contribution in [0.4, 0.5) is 0 Å². The molecule has 1 aliphatic carbocycles. The summed E-state index contributed by atoms with van der Waals surface area (Å²) in [6.45, 7) is 3.24. The largest absolute Gasteiger partial charge is 0.493 e. The number of nitrogens with one attached hydrogen (secondary N) is 1. The molecule has 1 amide bonds. The van der Waals surface area contributed by atoms with E-state index in [-0.39, 0.29) is 18.3 Å². The molecule has 0 spiro atoms. The Morgan fingerprint density at radius 1 is 1.26 bits per heavy atom. The molecule has 4 rings (SSSR count). The fourth-order valence-corrected chi connectivity index (χ4v) is 3.84. The molecular weight excluding hydrogens is 312 g/mol. The molecule has 5 heteroatoms. The van der Waals surface area contributed by atoms with E-state index in [9.17, 15) is 4.79 Å². The Kier molecular flexibility index (Phi) is 5.12. The van der Waals surface area contributed by atoms with E-state index in [0.717, 1.165) is 38.4 Å². The van der Waals surface area contributed by atoms with Crippen molar-refractivity contribution in [1.29, 1.82) is 0 Å². The second-order valence-corrected chi connectivity index (χ2v) is 6.80. The van der Waals surface area contributed by atoms with Crippen molar-refractivity contribution >= 4 is 18.3 Å². The number of carbonyl (C=O) groups excluding carboxylic acids is 1. The van der Waals surface area contributed by atoms with Crippen LogP contribution in [0.15, 0.2) is 18.2 Å². The van der Waals surface area contributed by atoms with Gasteiger partial charge in [-0.3, -0.25) is 4.79 Å². The molecule has 1 aromatic rings. The Labute approximate surface area is 144 Å². The van der Waals surface area contributed by atoms with Crippen LogP contribution in [0.2, 0.25) is 0 Å². The zero-order valence-corrected chi connectivity index (χ0v) is 14.2. The van der Waals surface area contributed by atoms with Crippen molar-refractivity contribution in [2.75, 3.05) is 19.7 Å². The Balaban J connectivity index is 0.00000156. The third-order valence-corrected chi connectivity index (χ3v) is 5.29. The maximum Gasteiger partial charge on any atom is 0.228 e. The maximum absolute atomic E-state index is 12.8. The summed E-state index contributed by atoms with van der Waals surface area (Å²) in [6, 6.07) is 6.87. The van der Waals surface area contributed by atoms with Gasteiger partial charge in [0.2, 0.25) is 5.91 Å². The summed E-state index contributed by atoms with van der Waals surface area (Å²) in [5.74, 6) is 1.56. The summed E-state index contributed by atoms with van der Waals surface area (Å²) in [4.78, 5) is 15.0. The van der Waals surface area contributed by atoms with Crippen molar-refractivity contribution in [1.82, 2.24) is 10.2 Å². The molecule has 2 aliphatic heterocycles. The number of carbonyl (C=O) groups is 1. The van der Waals surface area contributed by atoms with Gasteiger partial charge in [0, 0.05) is 32.1 Å². The molecular formula is C18H25ClN2O2. The Bertz CT molecular complexity index is 568. The molecule has 2 fully saturated rings. The third kappa shape index (κ3) is 3.33. The van der Waals surface area contributed by atoms with E-state index in [1.54, 1.807) is 0 Å². The van der Waals surface area contributed by atoms with Gasteiger partial charge in [0.25, 0.3) is 0 Å². The highest BCUT2D eigenvalue weighted by Gasteiger charge is 2.34. The Hall–Kier alpha value is -1.26. The zero-order chi connectivity index (χ0) is 14.9. The van der Waals surface area contributed by atoms with Gasteiger partial charge in [-0.2, -0.15) is 0 Å². The fourth-order valence-electron chi connectivity index (χ4n) is 3.84. The average Bonchev–Trinajstić information content (AvgIpc) is 3.13. The van der Waals surface area contributed by atoms with Crippen LogP contribution in [-0.2, 0) is 17.8 Å². The minimum absolute atomic E-state index is 0. The lowest BCUT2D eigenvalue weighted by atomic mass is 9.99. The molecule has 1 saturated heterocycles. The second kappa shape index (κ2) is 7.10. The molecule has 1 N–H and O–H groups in total. The first-order valence-corrected chi connectivity index (χ1v) is 8.57. The van der Waals surface area contributed by atoms with Crippen LogP contribution >= 0.6 is 12.4 Å². The molecule has 1 aromatic carbocycles. The van der Waals surface area contributed by atoms with Gasteiger partial charge in [0.05, 0.1) is 12.5 Å². The van der Waals surface area contributed by atoms with Crippen LogP contribution in [0.1, 0.15) is 36.8 Å². The van der Waals surface area contributed by atoms with Gasteiger partial charge in [0.15, 0.2) is 0 Å². The summed E-state index contributed by atoms with van der Waals surface area (Å²) in [6.07, 6.45) is 5.84. The van der Waals surface area contributed by atoms with Crippen molar-refractivity contribution in [3.63, 3.8) is 0 Å². The molecule has 0 radical (unpaired) electrons. The molecule has 3 aliphatic rings. The lowest BCUT2D eigenvalue weighted by Gasteiger charge is -2.36. The Morgan fingerprint density at radius 2 is 2.04 bits per heavy atom. The van der Waals surface area contributed by atoms with Crippen LogP contribution in [0.25, 0.3) is 0 Å². The lowest BCUT2D eigenvalue weighted by molar-refractivity contribution is -0.140. The number of nitrogens with zero attached hydrogens (tertiary/aromatic N) is 1. The summed E-state index contributed by atoms with van der Waals surface area (Å²) in [7, 11) is 0. The SMILES string of the molecule is Cl.O=C(C1CNC1)N(Cc1ccc2c(c1)CCO2)C1CCCC1. The first-order chi connectivity index (χ1) is 10.8. The third-order valence-electron chi connectivity index (χ3n) is 5.29. The van der Waals surface area contributed by atoms with Gasteiger partial charge < -0.3 is 15.0 Å². The fraction of sp³-hybridized carbons (Fsp3) is 0.611. The number of fused-ring (bicyclic) bond motifs is 1. The van der Waals surface area contributed by atoms with Crippen LogP contribution in [0.3, 0.4) is 0 Å². The highest BCUT2D eigenvalue weighted by molar-refractivity contribution is 5.85. The number of halogens is 1. The summed E-state index contributed by atoms with van der Waals surface area (Å²) in [5.41, 5.74) is 2.54. The van der Waals surface area contributed by atoms with Crippen LogP contribution < -0.4 is 10.1 Å². The van der Waals surface area contributed by atoms with E-state index < -0.39 is 0 Å². The smallest absolute Gasteiger partial charge is 0.228 e. The minimum atomic E-state index is 0. The van der Waals surface area contributed by atoms with Gasteiger partial charge in [-0.1, -0.05) is 25.0 Å². The molecule has 0 bridgehead atoms. The predicted molar refractivity (Wildman–Crippen MR) is 92.1 cm³/mol. The molecule has 0 atom stereocenters. The topological polar surface area (TPSA) is 41.6 Å². The molecule has 23 heavy (non-hydrogen) atoms. The van der Waals surface area contributed by atoms with Gasteiger partial charge >= 0.3 is 0 Å². The number of hydrogen-bond donors (Lipinski definition) is 1. The molecule has 2 heterocycles. The van der Waals surface area contributed by atoms with Crippen LogP contribution in [0.5, 0.6) is 5.75 Å². The first kappa shape index (κ1) is 16.6. The van der Waals surface area contributed by atoms with Crippen LogP contribution in [-0.4, -0.2) is 36.5 Å². The quantitative estimate of drug-likeness (QED) is 0.918. The number of ether oxygens (including phenoxy) is 1. The lowest BCUT2D eigenvalue weighted by Crippen LogP contribution is -2.53. The number of hydrogen-bond acceptors (Lipinski definition) is 3. The minimum Gasteiger partial charge on any atom is -0.493 e. The van der Waals surface area contributed by atoms with E-state index >= 15 is 0 Å². The molecule has 126 valence electrons. The van der Waals surface area contributed by atoms with E-state index in [4.69, 9.17) is 4.74 Å². The van der Waals surface area contributed by atoms with E-state index in [1.165, 1.54) is 36.8 Å². The standard InChI is InChI=1S/C18H24N2O2.ClH/c21-18(15-10-19-11-15)20(16-3-1-2-4-16)12-13-5-6-17-14(9-13)7-8-22-17;/h5-6,9,15-16,19H,1-4,7-8,10-12H2;1H. The van der Waals surface area contributed by atoms with Crippen molar-refractivity contribution in [2.24, 2.45) is 5.92 Å². The molecule has 0 unspecified atom stereocenters. The van der Waals surface area contributed by atoms with Crippen molar-refractivity contribution in [3.05, 3.63) is 29.3 Å². The summed E-state index contributed by atoms with van der Waals surface area (Å²) in [5, 5.41) is 3.22. The second-order valence-electron chi connectivity index (χ2n) is 6.80. The number of benzene rings is 1. The van der Waals surface area contributed by atoms with Gasteiger partial charge in [-0.25, -0.2) is 0 Å². The molecule has 4 nitrogen and oxygen atoms in total. The highest BCUT2D eigenvalue weighted by Crippen LogP contribution is 2.30. The number of amides is 1. The van der Waals surface area contributed by atoms with Crippen molar-refractivity contribution in [3.8, 4) is 5.75 Å². The number of rotatable bonds is 4. The average molecular weight is 337 g/mol. The summed E-state index contributed by atoms with van der Waals surface area (Å²) < 4.78 is 5.58. The zero-order valence-electron chi connectivity index (χ0n) is 13.4. The predicted octanol–water partition coefficient (Wildman–Crippen LogP) is 2.53. The summed E-state index contributed by atoms with van der Waals surface area (Å²) >= 11 is 0. The molecule has 0 aromatic heterocycles. The van der Waals surface area contributed by atoms with Gasteiger partial charge in [-0.15, -0.1) is 12.4 Å². The molecule has 1 saturated carbocycles. The van der Waals surface area contributed by atoms with Crippen molar-refractivity contribution < 1.29 is 9.53 Å². The normalized spacial score (nSPS) is 20.3. The Morgan fingerprint density at radius 3 is 2.74 bits per heavy atom. The maximum atomic E-state index is 12.8. The highest BCUT2D eigenvalue weighted by atomic mass is 35.5. The van der Waals surface area contributed by atoms with E-state index in [0.29, 0.717) is 11.9 Å². The van der Waals surface area contributed by atoms with E-state index in [2.05, 4.69) is 28.4 Å². The van der Waals surface area contributed by atoms with Crippen LogP contribution in [0, 0.1) is 5.92 Å². The first-order valence-electron chi connectivity index (χ1n) is 8.57. The van der Waals surface area contributed by atoms with Gasteiger partial charge in [0.1, 0.15) is 5.75 Å². The van der Waals surface area contributed by atoms with E-state index in [1.807, 2.05) is 0 Å².